The fourth-order valence-corrected chi connectivity index (χ4v) is 1.87. The Balaban J connectivity index is 1.96. The summed E-state index contributed by atoms with van der Waals surface area (Å²) in [5.74, 6) is 0.807. The summed E-state index contributed by atoms with van der Waals surface area (Å²) in [5.41, 5.74) is 0.950. The summed E-state index contributed by atoms with van der Waals surface area (Å²) in [7, 11) is 1.64. The highest BCUT2D eigenvalue weighted by Crippen LogP contribution is 2.19. The van der Waals surface area contributed by atoms with Gasteiger partial charge in [-0.15, -0.1) is 0 Å². The van der Waals surface area contributed by atoms with Gasteiger partial charge < -0.3 is 20.1 Å². The first-order valence-electron chi connectivity index (χ1n) is 6.04. The highest BCUT2D eigenvalue weighted by atomic mass is 16.5. The monoisotopic (exact) mass is 250 g/mol. The molecule has 98 valence electrons. The second-order valence-corrected chi connectivity index (χ2v) is 4.09. The first-order chi connectivity index (χ1) is 8.81. The van der Waals surface area contributed by atoms with E-state index in [4.69, 9.17) is 9.47 Å². The first kappa shape index (κ1) is 12.9. The fraction of sp³-hybridized carbons (Fsp3) is 0.462. The smallest absolute Gasteiger partial charge is 0.241 e. The Hall–Kier alpha value is -1.59. The molecule has 1 aliphatic rings. The number of nitrogens with one attached hydrogen (secondary N) is 2. The Bertz CT molecular complexity index is 392. The van der Waals surface area contributed by atoms with Crippen LogP contribution in [0.15, 0.2) is 24.3 Å². The van der Waals surface area contributed by atoms with E-state index in [0.29, 0.717) is 19.8 Å². The Morgan fingerprint density at radius 1 is 1.22 bits per heavy atom. The van der Waals surface area contributed by atoms with Crippen LogP contribution in [0.2, 0.25) is 0 Å². The van der Waals surface area contributed by atoms with Gasteiger partial charge in [-0.1, -0.05) is 12.1 Å². The van der Waals surface area contributed by atoms with Crippen LogP contribution in [-0.4, -0.2) is 39.3 Å². The molecule has 1 atom stereocenters. The van der Waals surface area contributed by atoms with Gasteiger partial charge in [-0.2, -0.15) is 0 Å². The molecular formula is C13H18N2O3. The topological polar surface area (TPSA) is 59.6 Å². The van der Waals surface area contributed by atoms with Crippen LogP contribution in [0.25, 0.3) is 0 Å². The molecule has 1 fully saturated rings. The lowest BCUT2D eigenvalue weighted by molar-refractivity contribution is -0.124. The number of ether oxygens (including phenoxy) is 2. The zero-order valence-corrected chi connectivity index (χ0v) is 10.4. The van der Waals surface area contributed by atoms with Crippen molar-refractivity contribution in [2.24, 2.45) is 0 Å². The summed E-state index contributed by atoms with van der Waals surface area (Å²) < 4.78 is 10.4. The molecule has 2 N–H and O–H groups in total. The lowest BCUT2D eigenvalue weighted by atomic mass is 10.0. The summed E-state index contributed by atoms with van der Waals surface area (Å²) in [4.78, 5) is 11.7. The Kier molecular flexibility index (Phi) is 4.55. The summed E-state index contributed by atoms with van der Waals surface area (Å²) in [6, 6.07) is 7.30. The molecule has 1 unspecified atom stereocenters. The van der Waals surface area contributed by atoms with Crippen LogP contribution in [0.1, 0.15) is 11.6 Å². The van der Waals surface area contributed by atoms with E-state index in [-0.39, 0.29) is 11.9 Å². The predicted octanol–water partition coefficient (Wildman–Crippen LogP) is 0.472. The van der Waals surface area contributed by atoms with E-state index in [9.17, 15) is 4.79 Å². The van der Waals surface area contributed by atoms with Crippen molar-refractivity contribution in [1.29, 1.82) is 0 Å². The predicted molar refractivity (Wildman–Crippen MR) is 67.6 cm³/mol. The molecule has 1 aliphatic heterocycles. The molecule has 0 bridgehead atoms. The maximum Gasteiger partial charge on any atom is 0.241 e. The minimum atomic E-state index is -0.258. The van der Waals surface area contributed by atoms with E-state index in [1.54, 1.807) is 7.11 Å². The van der Waals surface area contributed by atoms with E-state index in [0.717, 1.165) is 17.9 Å². The number of benzene rings is 1. The number of methoxy groups -OCH3 is 1. The number of hydrogen-bond acceptors (Lipinski definition) is 4. The summed E-state index contributed by atoms with van der Waals surface area (Å²) in [6.07, 6.45) is 0. The van der Waals surface area contributed by atoms with Crippen molar-refractivity contribution in [3.05, 3.63) is 29.8 Å². The molecule has 1 aromatic carbocycles. The largest absolute Gasteiger partial charge is 0.491 e. The highest BCUT2D eigenvalue weighted by Gasteiger charge is 2.22. The zero-order valence-electron chi connectivity index (χ0n) is 10.4. The molecule has 0 aliphatic carbocycles. The van der Waals surface area contributed by atoms with Crippen LogP contribution in [0, 0.1) is 0 Å². The molecule has 1 aromatic rings. The Labute approximate surface area is 106 Å². The summed E-state index contributed by atoms with van der Waals surface area (Å²) >= 11 is 0. The number of hydrogen-bond donors (Lipinski definition) is 2. The number of amides is 1. The van der Waals surface area contributed by atoms with Gasteiger partial charge in [-0.05, 0) is 17.7 Å². The van der Waals surface area contributed by atoms with Crippen LogP contribution in [0.3, 0.4) is 0 Å². The minimum Gasteiger partial charge on any atom is -0.491 e. The van der Waals surface area contributed by atoms with E-state index >= 15 is 0 Å². The van der Waals surface area contributed by atoms with Crippen molar-refractivity contribution in [2.45, 2.75) is 6.04 Å². The van der Waals surface area contributed by atoms with Crippen LogP contribution in [-0.2, 0) is 9.53 Å². The maximum absolute atomic E-state index is 11.7. The molecule has 1 heterocycles. The van der Waals surface area contributed by atoms with Crippen molar-refractivity contribution in [1.82, 2.24) is 10.6 Å². The van der Waals surface area contributed by atoms with Crippen molar-refractivity contribution in [2.75, 3.05) is 33.4 Å². The second kappa shape index (κ2) is 6.37. The van der Waals surface area contributed by atoms with Crippen LogP contribution in [0.5, 0.6) is 5.75 Å². The van der Waals surface area contributed by atoms with Gasteiger partial charge in [0.05, 0.1) is 6.61 Å². The highest BCUT2D eigenvalue weighted by molar-refractivity contribution is 5.83. The average Bonchev–Trinajstić information content (AvgIpc) is 2.41. The molecule has 2 rings (SSSR count). The van der Waals surface area contributed by atoms with Crippen molar-refractivity contribution >= 4 is 5.91 Å². The number of carbonyl (C=O) groups is 1. The van der Waals surface area contributed by atoms with Crippen molar-refractivity contribution in [3.63, 3.8) is 0 Å². The van der Waals surface area contributed by atoms with Gasteiger partial charge in [-0.3, -0.25) is 4.79 Å². The van der Waals surface area contributed by atoms with Gasteiger partial charge in [0.15, 0.2) is 0 Å². The van der Waals surface area contributed by atoms with Gasteiger partial charge >= 0.3 is 0 Å². The first-order valence-corrected chi connectivity index (χ1v) is 6.04. The SMILES string of the molecule is COCCOc1ccc(C2NCCNC2=O)cc1. The second-order valence-electron chi connectivity index (χ2n) is 4.09. The normalized spacial score (nSPS) is 19.4. The molecular weight excluding hydrogens is 232 g/mol. The molecule has 1 amide bonds. The van der Waals surface area contributed by atoms with Gasteiger partial charge in [0, 0.05) is 20.2 Å². The van der Waals surface area contributed by atoms with E-state index in [1.165, 1.54) is 0 Å². The molecule has 5 nitrogen and oxygen atoms in total. The molecule has 18 heavy (non-hydrogen) atoms. The summed E-state index contributed by atoms with van der Waals surface area (Å²) in [5, 5.41) is 6.02. The molecule has 5 heteroatoms. The third-order valence-corrected chi connectivity index (χ3v) is 2.80. The molecule has 0 saturated carbocycles. The Morgan fingerprint density at radius 2 is 2.00 bits per heavy atom. The molecule has 0 radical (unpaired) electrons. The molecule has 0 aromatic heterocycles. The van der Waals surface area contributed by atoms with Crippen molar-refractivity contribution in [3.8, 4) is 5.75 Å². The van der Waals surface area contributed by atoms with Gasteiger partial charge in [0.25, 0.3) is 0 Å². The van der Waals surface area contributed by atoms with Crippen LogP contribution >= 0.6 is 0 Å². The van der Waals surface area contributed by atoms with Crippen LogP contribution < -0.4 is 15.4 Å². The third kappa shape index (κ3) is 3.21. The van der Waals surface area contributed by atoms with E-state index in [1.807, 2.05) is 24.3 Å². The summed E-state index contributed by atoms with van der Waals surface area (Å²) in [6.45, 7) is 2.57. The standard InChI is InChI=1S/C13H18N2O3/c1-17-8-9-18-11-4-2-10(3-5-11)12-13(16)15-7-6-14-12/h2-5,12,14H,6-9H2,1H3,(H,15,16). The number of piperazine rings is 1. The van der Waals surface area contributed by atoms with Gasteiger partial charge in [0.2, 0.25) is 5.91 Å². The maximum atomic E-state index is 11.7. The lowest BCUT2D eigenvalue weighted by Crippen LogP contribution is -2.47. The quantitative estimate of drug-likeness (QED) is 0.746. The van der Waals surface area contributed by atoms with Gasteiger partial charge in [-0.25, -0.2) is 0 Å². The minimum absolute atomic E-state index is 0.0225. The number of rotatable bonds is 5. The average molecular weight is 250 g/mol. The number of carbonyl (C=O) groups excluding carboxylic acids is 1. The Morgan fingerprint density at radius 3 is 2.67 bits per heavy atom. The zero-order chi connectivity index (χ0) is 12.8. The fourth-order valence-electron chi connectivity index (χ4n) is 1.87. The third-order valence-electron chi connectivity index (χ3n) is 2.80. The van der Waals surface area contributed by atoms with Crippen molar-refractivity contribution < 1.29 is 14.3 Å². The lowest BCUT2D eigenvalue weighted by Gasteiger charge is -2.23. The van der Waals surface area contributed by atoms with E-state index < -0.39 is 0 Å². The molecule has 0 spiro atoms. The molecule has 1 saturated heterocycles. The van der Waals surface area contributed by atoms with Gasteiger partial charge in [0.1, 0.15) is 18.4 Å². The van der Waals surface area contributed by atoms with E-state index in [2.05, 4.69) is 10.6 Å². The van der Waals surface area contributed by atoms with Crippen LogP contribution in [0.4, 0.5) is 0 Å².